The van der Waals surface area contributed by atoms with Crippen LogP contribution in [0.15, 0.2) is 0 Å². The molecule has 0 bridgehead atoms. The number of carbonyl (C=O) groups excluding carboxylic acids is 4. The zero-order valence-electron chi connectivity index (χ0n) is 14.7. The number of aliphatic hydroxyl groups is 1. The summed E-state index contributed by atoms with van der Waals surface area (Å²) in [6.45, 7) is -1.52. The van der Waals surface area contributed by atoms with Crippen LogP contribution in [0.4, 0.5) is 0 Å². The standard InChI is InChI=1S/C14H23N5O9/c15-6(5-20)12(26)18-7(1-2-10(22)23)14(28)19-8(3-9(16)21)13(27)17-4-11(24)25/h6-8,20H,1-5,15H2,(H2,16,21)(H,17,27)(H,18,26)(H,19,28)(H,22,23)(H,24,25). The molecule has 0 radical (unpaired) electrons. The van der Waals surface area contributed by atoms with Gasteiger partial charge in [-0.2, -0.15) is 0 Å². The lowest BCUT2D eigenvalue weighted by Crippen LogP contribution is -2.57. The Labute approximate surface area is 158 Å². The number of hydrogen-bond acceptors (Lipinski definition) is 8. The second-order valence-electron chi connectivity index (χ2n) is 5.63. The molecular weight excluding hydrogens is 382 g/mol. The SMILES string of the molecule is NC(=O)CC(NC(=O)C(CCC(=O)O)NC(=O)C(N)CO)C(=O)NCC(=O)O. The van der Waals surface area contributed by atoms with Gasteiger partial charge in [-0.25, -0.2) is 0 Å². The van der Waals surface area contributed by atoms with Crippen LogP contribution < -0.4 is 27.4 Å². The van der Waals surface area contributed by atoms with Crippen molar-refractivity contribution >= 4 is 35.6 Å². The first-order valence-corrected chi connectivity index (χ1v) is 7.94. The number of nitrogens with one attached hydrogen (secondary N) is 3. The molecule has 0 rings (SSSR count). The largest absolute Gasteiger partial charge is 0.481 e. The van der Waals surface area contributed by atoms with Crippen LogP contribution in [0.3, 0.4) is 0 Å². The van der Waals surface area contributed by atoms with E-state index >= 15 is 0 Å². The number of aliphatic hydroxyl groups excluding tert-OH is 1. The maximum Gasteiger partial charge on any atom is 0.322 e. The Bertz CT molecular complexity index is 624. The number of rotatable bonds is 13. The van der Waals surface area contributed by atoms with Gasteiger partial charge in [0.25, 0.3) is 0 Å². The Morgan fingerprint density at radius 3 is 1.89 bits per heavy atom. The molecule has 3 unspecified atom stereocenters. The van der Waals surface area contributed by atoms with Crippen LogP contribution in [-0.4, -0.2) is 82.2 Å². The normalized spacial score (nSPS) is 13.5. The smallest absolute Gasteiger partial charge is 0.322 e. The second kappa shape index (κ2) is 12.2. The van der Waals surface area contributed by atoms with Gasteiger partial charge in [-0.1, -0.05) is 0 Å². The average molecular weight is 405 g/mol. The maximum atomic E-state index is 12.4. The first kappa shape index (κ1) is 24.7. The molecule has 0 fully saturated rings. The van der Waals surface area contributed by atoms with E-state index in [2.05, 4.69) is 10.6 Å². The molecule has 0 saturated heterocycles. The molecule has 14 heteroatoms. The molecular formula is C14H23N5O9. The van der Waals surface area contributed by atoms with Crippen LogP contribution in [-0.2, 0) is 28.8 Å². The zero-order valence-corrected chi connectivity index (χ0v) is 14.7. The number of carboxylic acid groups (broad SMARTS) is 2. The molecule has 0 aliphatic rings. The predicted molar refractivity (Wildman–Crippen MR) is 90.2 cm³/mol. The Morgan fingerprint density at radius 1 is 0.857 bits per heavy atom. The van der Waals surface area contributed by atoms with Gasteiger partial charge in [0.2, 0.25) is 23.6 Å². The van der Waals surface area contributed by atoms with E-state index in [-0.39, 0.29) is 6.42 Å². The summed E-state index contributed by atoms with van der Waals surface area (Å²) in [4.78, 5) is 68.4. The van der Waals surface area contributed by atoms with E-state index in [1.165, 1.54) is 0 Å². The van der Waals surface area contributed by atoms with E-state index in [1.807, 2.05) is 5.32 Å². The molecule has 0 aromatic rings. The Balaban J connectivity index is 5.26. The highest BCUT2D eigenvalue weighted by Crippen LogP contribution is 2.02. The molecule has 3 atom stereocenters. The van der Waals surface area contributed by atoms with Crippen LogP contribution in [0.1, 0.15) is 19.3 Å². The molecule has 28 heavy (non-hydrogen) atoms. The lowest BCUT2D eigenvalue weighted by Gasteiger charge is -2.23. The Kier molecular flexibility index (Phi) is 10.8. The number of hydrogen-bond donors (Lipinski definition) is 8. The number of amides is 4. The van der Waals surface area contributed by atoms with Crippen LogP contribution in [0.5, 0.6) is 0 Å². The molecule has 0 saturated carbocycles. The summed E-state index contributed by atoms with van der Waals surface area (Å²) in [6, 6.07) is -4.38. The van der Waals surface area contributed by atoms with Crippen molar-refractivity contribution in [3.8, 4) is 0 Å². The number of carbonyl (C=O) groups is 6. The Hall–Kier alpha value is -3.26. The molecule has 14 nitrogen and oxygen atoms in total. The van der Waals surface area contributed by atoms with Crippen LogP contribution >= 0.6 is 0 Å². The van der Waals surface area contributed by atoms with Gasteiger partial charge in [0.15, 0.2) is 0 Å². The van der Waals surface area contributed by atoms with Crippen molar-refractivity contribution in [3.63, 3.8) is 0 Å². The fourth-order valence-corrected chi connectivity index (χ4v) is 1.87. The molecule has 0 spiro atoms. The third kappa shape index (κ3) is 10.0. The van der Waals surface area contributed by atoms with Gasteiger partial charge in [0.05, 0.1) is 13.0 Å². The lowest BCUT2D eigenvalue weighted by atomic mass is 10.1. The molecule has 0 heterocycles. The number of carboxylic acids is 2. The van der Waals surface area contributed by atoms with Crippen LogP contribution in [0.25, 0.3) is 0 Å². The first-order chi connectivity index (χ1) is 13.0. The van der Waals surface area contributed by atoms with Gasteiger partial charge in [-0.05, 0) is 6.42 Å². The number of nitrogens with two attached hydrogens (primary N) is 2. The molecule has 0 aromatic heterocycles. The minimum Gasteiger partial charge on any atom is -0.481 e. The van der Waals surface area contributed by atoms with Crippen molar-refractivity contribution < 1.29 is 44.1 Å². The fraction of sp³-hybridized carbons (Fsp3) is 0.571. The minimum atomic E-state index is -1.56. The van der Waals surface area contributed by atoms with Gasteiger partial charge in [-0.15, -0.1) is 0 Å². The van der Waals surface area contributed by atoms with Crippen LogP contribution in [0.2, 0.25) is 0 Å². The molecule has 158 valence electrons. The van der Waals surface area contributed by atoms with Gasteiger partial charge in [-0.3, -0.25) is 28.8 Å². The van der Waals surface area contributed by atoms with Crippen LogP contribution in [0, 0.1) is 0 Å². The maximum absolute atomic E-state index is 12.4. The van der Waals surface area contributed by atoms with Crippen molar-refractivity contribution in [2.75, 3.05) is 13.2 Å². The van der Waals surface area contributed by atoms with E-state index in [1.54, 1.807) is 0 Å². The highest BCUT2D eigenvalue weighted by molar-refractivity contribution is 5.95. The van der Waals surface area contributed by atoms with Crippen molar-refractivity contribution in [2.45, 2.75) is 37.4 Å². The second-order valence-corrected chi connectivity index (χ2v) is 5.63. The first-order valence-electron chi connectivity index (χ1n) is 7.94. The molecule has 10 N–H and O–H groups in total. The Morgan fingerprint density at radius 2 is 1.43 bits per heavy atom. The zero-order chi connectivity index (χ0) is 21.9. The fourth-order valence-electron chi connectivity index (χ4n) is 1.87. The molecule has 0 aliphatic heterocycles. The van der Waals surface area contributed by atoms with Crippen molar-refractivity contribution in [2.24, 2.45) is 11.5 Å². The summed E-state index contributed by atoms with van der Waals surface area (Å²) in [6.07, 6.45) is -1.59. The average Bonchev–Trinajstić information content (AvgIpc) is 2.60. The van der Waals surface area contributed by atoms with E-state index < -0.39 is 79.7 Å². The minimum absolute atomic E-state index is 0.384. The van der Waals surface area contributed by atoms with E-state index in [4.69, 9.17) is 26.8 Å². The van der Waals surface area contributed by atoms with Crippen molar-refractivity contribution in [3.05, 3.63) is 0 Å². The number of aliphatic carboxylic acids is 2. The molecule has 0 aliphatic carbocycles. The summed E-state index contributed by atoms with van der Waals surface area (Å²) in [7, 11) is 0. The van der Waals surface area contributed by atoms with E-state index in [0.29, 0.717) is 0 Å². The quantitative estimate of drug-likeness (QED) is 0.145. The van der Waals surface area contributed by atoms with Gasteiger partial charge >= 0.3 is 11.9 Å². The van der Waals surface area contributed by atoms with E-state index in [0.717, 1.165) is 0 Å². The molecule has 4 amide bonds. The molecule has 0 aromatic carbocycles. The van der Waals surface area contributed by atoms with E-state index in [9.17, 15) is 28.8 Å². The van der Waals surface area contributed by atoms with Crippen molar-refractivity contribution in [1.29, 1.82) is 0 Å². The van der Waals surface area contributed by atoms with Gasteiger partial charge in [0, 0.05) is 6.42 Å². The topological polar surface area (TPSA) is 251 Å². The highest BCUT2D eigenvalue weighted by atomic mass is 16.4. The predicted octanol–water partition coefficient (Wildman–Crippen LogP) is -4.78. The summed E-state index contributed by atoms with van der Waals surface area (Å²) >= 11 is 0. The summed E-state index contributed by atoms with van der Waals surface area (Å²) in [5, 5.41) is 32.4. The monoisotopic (exact) mass is 405 g/mol. The lowest BCUT2D eigenvalue weighted by molar-refractivity contribution is -0.139. The van der Waals surface area contributed by atoms with Gasteiger partial charge in [0.1, 0.15) is 24.7 Å². The third-order valence-corrected chi connectivity index (χ3v) is 3.27. The highest BCUT2D eigenvalue weighted by Gasteiger charge is 2.29. The third-order valence-electron chi connectivity index (χ3n) is 3.27. The summed E-state index contributed by atoms with van der Waals surface area (Å²) < 4.78 is 0. The summed E-state index contributed by atoms with van der Waals surface area (Å²) in [5.41, 5.74) is 10.3. The number of primary amides is 1. The van der Waals surface area contributed by atoms with Crippen molar-refractivity contribution in [1.82, 2.24) is 16.0 Å². The van der Waals surface area contributed by atoms with Gasteiger partial charge < -0.3 is 42.7 Å². The summed E-state index contributed by atoms with van der Waals surface area (Å²) in [5.74, 6) is -6.63.